The smallest absolute Gasteiger partial charge is 0.132 e. The molecule has 24 nitrogen and oxygen atoms in total. The third-order valence-corrected chi connectivity index (χ3v) is 14.7. The molecule has 4 rings (SSSR count). The summed E-state index contributed by atoms with van der Waals surface area (Å²) in [4.78, 5) is 87.4. The van der Waals surface area contributed by atoms with E-state index in [4.69, 9.17) is 31.7 Å². The molecule has 0 aromatic rings. The van der Waals surface area contributed by atoms with Crippen LogP contribution in [0.5, 0.6) is 0 Å². The molecule has 16 unspecified atom stereocenters. The van der Waals surface area contributed by atoms with Crippen LogP contribution in [0.2, 0.25) is 0 Å². The van der Waals surface area contributed by atoms with Crippen LogP contribution in [-0.4, -0.2) is 103 Å². The molecular weight excluding hydrogens is 1020 g/mol. The summed E-state index contributed by atoms with van der Waals surface area (Å²) < 4.78 is 126. The average Bonchev–Trinajstić information content (AvgIpc) is 3.67. The van der Waals surface area contributed by atoms with Gasteiger partial charge in [-0.15, -0.1) is 0 Å². The van der Waals surface area contributed by atoms with Crippen LogP contribution in [0.1, 0.15) is 89.9 Å². The summed E-state index contributed by atoms with van der Waals surface area (Å²) in [6.45, 7) is 8.06. The SMILES string of the molecule is CP(=O)([O-])OC1CCC(OP(C)(=O)[O-])C1.CP(=O)([O-])OC1CCCC(OP(C)(=O)[O-])C1.CP(=O)([O-])OCC1CCCC1OP(C)(=O)[O-].CP(=O)([O-])OCC1CCCCC1OP(C)(=O)[O-]. The van der Waals surface area contributed by atoms with E-state index < -0.39 is 97.4 Å². The van der Waals surface area contributed by atoms with Gasteiger partial charge in [-0.05, 0) is 57.8 Å². The second-order valence-electron chi connectivity index (χ2n) is 16.7. The van der Waals surface area contributed by atoms with Gasteiger partial charge in [-0.3, -0.25) is 0 Å². The Balaban J connectivity index is 0.000000427. The molecule has 0 aromatic heterocycles. The third-order valence-electron chi connectivity index (χ3n) is 9.41. The molecule has 0 saturated heterocycles. The van der Waals surface area contributed by atoms with Crippen LogP contribution in [0.3, 0.4) is 0 Å². The van der Waals surface area contributed by atoms with Gasteiger partial charge < -0.3 is 112 Å². The number of rotatable bonds is 18. The van der Waals surface area contributed by atoms with Crippen molar-refractivity contribution in [1.29, 1.82) is 0 Å². The van der Waals surface area contributed by atoms with Crippen molar-refractivity contribution in [3.63, 3.8) is 0 Å². The number of hydrogen-bond acceptors (Lipinski definition) is 24. The lowest BCUT2D eigenvalue weighted by Crippen LogP contribution is -2.31. The first kappa shape index (κ1) is 63.2. The standard InChI is InChI=1S/C9H20O6P2.2C8H18O6P2.C7H16O6P2/c1-16(10,11)14-7-8-5-3-4-6-9(8)15-17(2,12)13;1-15(9,10)13-6-7-4-3-5-8(7)14-16(2,11)12;1-15(9,10)13-7-4-3-5-8(6-7)14-16(2,11)12;1-14(8,9)12-6-3-4-7(5-6)13-15(2,10)11/h8-9H,3-7H2,1-2H3,(H,10,11)(H,12,13);2*7-8H,3-6H2,1-2H3,(H,9,10)(H,11,12);6-7H,3-5H2,1-2H3,(H,8,9)(H,10,11)/p-8. The van der Waals surface area contributed by atoms with Gasteiger partial charge in [-0.25, -0.2) is 0 Å². The lowest BCUT2D eigenvalue weighted by Gasteiger charge is -2.35. The molecule has 0 spiro atoms. The van der Waals surface area contributed by atoms with Crippen molar-refractivity contribution in [3.8, 4) is 0 Å². The molecule has 0 amide bonds. The van der Waals surface area contributed by atoms with Crippen molar-refractivity contribution < 1.29 is 112 Å². The van der Waals surface area contributed by atoms with Crippen molar-refractivity contribution >= 4 is 60.8 Å². The maximum Gasteiger partial charge on any atom is 0.132 e. The molecule has 4 aliphatic carbocycles. The Bertz CT molecular complexity index is 1730. The van der Waals surface area contributed by atoms with E-state index in [2.05, 4.69) is 4.52 Å². The Labute approximate surface area is 376 Å². The maximum atomic E-state index is 11.1. The molecule has 4 saturated carbocycles. The van der Waals surface area contributed by atoms with Crippen molar-refractivity contribution in [2.45, 2.75) is 127 Å². The maximum absolute atomic E-state index is 11.1. The summed E-state index contributed by atoms with van der Waals surface area (Å²) in [6.07, 6.45) is 6.20. The molecule has 0 radical (unpaired) electrons. The highest BCUT2D eigenvalue weighted by Gasteiger charge is 2.32. The summed E-state index contributed by atoms with van der Waals surface area (Å²) in [5, 5.41) is 0. The highest BCUT2D eigenvalue weighted by molar-refractivity contribution is 7.52. The average molecular weight is 1080 g/mol. The van der Waals surface area contributed by atoms with Gasteiger partial charge in [0.25, 0.3) is 0 Å². The topological polar surface area (TPSA) is 395 Å². The first-order valence-corrected chi connectivity index (χ1v) is 36.3. The number of hydrogen-bond donors (Lipinski definition) is 0. The molecule has 64 heavy (non-hydrogen) atoms. The highest BCUT2D eigenvalue weighted by atomic mass is 31.2. The quantitative estimate of drug-likeness (QED) is 0.178. The largest absolute Gasteiger partial charge is 0.779 e. The summed E-state index contributed by atoms with van der Waals surface area (Å²) in [6, 6.07) is 0. The van der Waals surface area contributed by atoms with Crippen LogP contribution in [0.4, 0.5) is 0 Å². The van der Waals surface area contributed by atoms with Crippen LogP contribution in [0, 0.1) is 11.8 Å². The molecule has 4 fully saturated rings. The van der Waals surface area contributed by atoms with Gasteiger partial charge in [0.15, 0.2) is 0 Å². The Hall–Kier alpha value is 1.20. The van der Waals surface area contributed by atoms with E-state index in [9.17, 15) is 75.7 Å². The molecule has 0 N–H and O–H groups in total. The van der Waals surface area contributed by atoms with E-state index in [0.29, 0.717) is 57.8 Å². The van der Waals surface area contributed by atoms with Crippen molar-refractivity contribution in [3.05, 3.63) is 0 Å². The van der Waals surface area contributed by atoms with Gasteiger partial charge in [0.05, 0.1) is 49.8 Å². The zero-order chi connectivity index (χ0) is 49.6. The van der Waals surface area contributed by atoms with Gasteiger partial charge in [0, 0.05) is 78.0 Å². The molecule has 0 bridgehead atoms. The van der Waals surface area contributed by atoms with Crippen LogP contribution < -0.4 is 39.1 Å². The first-order chi connectivity index (χ1) is 28.7. The molecule has 0 aromatic carbocycles. The van der Waals surface area contributed by atoms with E-state index in [-0.39, 0.29) is 25.0 Å². The van der Waals surface area contributed by atoms with Gasteiger partial charge in [-0.1, -0.05) is 19.3 Å². The minimum Gasteiger partial charge on any atom is -0.779 e. The second kappa shape index (κ2) is 27.1. The predicted molar refractivity (Wildman–Crippen MR) is 221 cm³/mol. The molecule has 384 valence electrons. The minimum atomic E-state index is -3.79. The summed E-state index contributed by atoms with van der Waals surface area (Å²) in [5.41, 5.74) is 0. The lowest BCUT2D eigenvalue weighted by molar-refractivity contribution is -0.208. The van der Waals surface area contributed by atoms with Gasteiger partial charge in [-0.2, -0.15) is 0 Å². The second-order valence-corrected chi connectivity index (χ2v) is 30.8. The molecule has 4 aliphatic rings. The van der Waals surface area contributed by atoms with Gasteiger partial charge >= 0.3 is 0 Å². The van der Waals surface area contributed by atoms with Gasteiger partial charge in [0.1, 0.15) is 60.8 Å². The van der Waals surface area contributed by atoms with E-state index in [0.717, 1.165) is 85.4 Å². The molecule has 32 heteroatoms. The first-order valence-electron chi connectivity index (χ1n) is 20.3. The Kier molecular flexibility index (Phi) is 26.8. The summed E-state index contributed by atoms with van der Waals surface area (Å²) in [7, 11) is -30.1. The zero-order valence-corrected chi connectivity index (χ0v) is 44.5. The minimum absolute atomic E-state index is 0.00193. The van der Waals surface area contributed by atoms with Crippen LogP contribution >= 0.6 is 60.8 Å². The van der Waals surface area contributed by atoms with Crippen molar-refractivity contribution in [2.75, 3.05) is 66.5 Å². The zero-order valence-electron chi connectivity index (χ0n) is 37.3. The van der Waals surface area contributed by atoms with Crippen LogP contribution in [-0.2, 0) is 72.7 Å². The normalized spacial score (nSPS) is 33.6. The molecule has 0 heterocycles. The van der Waals surface area contributed by atoms with Crippen LogP contribution in [0.15, 0.2) is 0 Å². The van der Waals surface area contributed by atoms with E-state index in [1.54, 1.807) is 0 Å². The Morgan fingerprint density at radius 2 is 0.578 bits per heavy atom. The van der Waals surface area contributed by atoms with E-state index >= 15 is 0 Å². The van der Waals surface area contributed by atoms with E-state index in [1.165, 1.54) is 0 Å². The van der Waals surface area contributed by atoms with Gasteiger partial charge in [0.2, 0.25) is 0 Å². The lowest BCUT2D eigenvalue weighted by atomic mass is 9.87. The van der Waals surface area contributed by atoms with Crippen LogP contribution in [0.25, 0.3) is 0 Å². The third kappa shape index (κ3) is 35.3. The van der Waals surface area contributed by atoms with Crippen molar-refractivity contribution in [1.82, 2.24) is 0 Å². The monoisotopic (exact) mass is 1080 g/mol. The molecule has 16 atom stereocenters. The molecular formula is C32H64O24P8-8. The Morgan fingerprint density at radius 1 is 0.328 bits per heavy atom. The summed E-state index contributed by atoms with van der Waals surface area (Å²) in [5.74, 6) is -0.336. The van der Waals surface area contributed by atoms with E-state index in [1.807, 2.05) is 0 Å². The fourth-order valence-corrected chi connectivity index (χ4v) is 12.7. The summed E-state index contributed by atoms with van der Waals surface area (Å²) >= 11 is 0. The fraction of sp³-hybridized carbons (Fsp3) is 1.00. The fourth-order valence-electron chi connectivity index (χ4n) is 7.26. The predicted octanol–water partition coefficient (Wildman–Crippen LogP) is 2.50. The molecule has 0 aliphatic heterocycles. The highest BCUT2D eigenvalue weighted by Crippen LogP contribution is 2.46. The Morgan fingerprint density at radius 3 is 0.875 bits per heavy atom. The van der Waals surface area contributed by atoms with Crippen molar-refractivity contribution in [2.24, 2.45) is 11.8 Å².